The molecule has 22 heavy (non-hydrogen) atoms. The third-order valence-corrected chi connectivity index (χ3v) is 4.17. The first-order valence-corrected chi connectivity index (χ1v) is 7.84. The Kier molecular flexibility index (Phi) is 5.89. The van der Waals surface area contributed by atoms with Gasteiger partial charge in [0.25, 0.3) is 11.6 Å². The number of nitrogens with one attached hydrogen (secondary N) is 1. The molecule has 1 heterocycles. The minimum Gasteiger partial charge on any atom is -0.352 e. The standard InChI is InChI=1S/C16H23N3O3/c1-13-6-2-3-10-18(13)11-5-9-17-16(20)14-7-4-8-15(12-14)19(21)22/h4,7-8,12-13H,2-3,5-6,9-11H2,1H3,(H,17,20)/t13-/m1/s1. The number of carbonyl (C=O) groups excluding carboxylic acids is 1. The van der Waals surface area contributed by atoms with E-state index in [-0.39, 0.29) is 11.6 Å². The molecule has 1 amide bonds. The van der Waals surface area contributed by atoms with E-state index in [0.717, 1.165) is 19.5 Å². The lowest BCUT2D eigenvalue weighted by atomic mass is 10.0. The Hall–Kier alpha value is -1.95. The minimum atomic E-state index is -0.492. The third kappa shape index (κ3) is 4.53. The summed E-state index contributed by atoms with van der Waals surface area (Å²) in [5.41, 5.74) is 0.273. The van der Waals surface area contributed by atoms with E-state index < -0.39 is 4.92 Å². The molecule has 0 spiro atoms. The van der Waals surface area contributed by atoms with Gasteiger partial charge in [0.05, 0.1) is 4.92 Å². The maximum Gasteiger partial charge on any atom is 0.270 e. The van der Waals surface area contributed by atoms with Crippen LogP contribution in [-0.2, 0) is 0 Å². The Morgan fingerprint density at radius 3 is 3.00 bits per heavy atom. The van der Waals surface area contributed by atoms with Crippen molar-refractivity contribution >= 4 is 11.6 Å². The van der Waals surface area contributed by atoms with Gasteiger partial charge in [-0.15, -0.1) is 0 Å². The molecule has 0 aromatic heterocycles. The Bertz CT molecular complexity index is 533. The molecule has 0 saturated carbocycles. The van der Waals surface area contributed by atoms with E-state index in [2.05, 4.69) is 17.1 Å². The molecule has 1 saturated heterocycles. The summed E-state index contributed by atoms with van der Waals surface area (Å²) in [7, 11) is 0. The van der Waals surface area contributed by atoms with Crippen molar-refractivity contribution < 1.29 is 9.72 Å². The van der Waals surface area contributed by atoms with E-state index in [1.165, 1.54) is 37.5 Å². The fourth-order valence-electron chi connectivity index (χ4n) is 2.84. The summed E-state index contributed by atoms with van der Waals surface area (Å²) in [6.45, 7) is 4.96. The van der Waals surface area contributed by atoms with Gasteiger partial charge in [0.15, 0.2) is 0 Å². The number of hydrogen-bond donors (Lipinski definition) is 1. The fourth-order valence-corrected chi connectivity index (χ4v) is 2.84. The zero-order valence-corrected chi connectivity index (χ0v) is 13.0. The summed E-state index contributed by atoms with van der Waals surface area (Å²) in [6.07, 6.45) is 4.70. The van der Waals surface area contributed by atoms with Crippen molar-refractivity contribution in [3.05, 3.63) is 39.9 Å². The lowest BCUT2D eigenvalue weighted by Gasteiger charge is -2.33. The van der Waals surface area contributed by atoms with Gasteiger partial charge in [-0.2, -0.15) is 0 Å². The average molecular weight is 305 g/mol. The highest BCUT2D eigenvalue weighted by Gasteiger charge is 2.17. The van der Waals surface area contributed by atoms with Gasteiger partial charge >= 0.3 is 0 Å². The number of nitro benzene ring substituents is 1. The first kappa shape index (κ1) is 16.4. The number of non-ortho nitro benzene ring substituents is 1. The topological polar surface area (TPSA) is 75.5 Å². The molecule has 0 radical (unpaired) electrons. The Labute approximate surface area is 130 Å². The quantitative estimate of drug-likeness (QED) is 0.498. The summed E-state index contributed by atoms with van der Waals surface area (Å²) in [6, 6.07) is 6.44. The van der Waals surface area contributed by atoms with Gasteiger partial charge in [0.2, 0.25) is 0 Å². The third-order valence-electron chi connectivity index (χ3n) is 4.17. The maximum absolute atomic E-state index is 12.0. The second-order valence-corrected chi connectivity index (χ2v) is 5.80. The Morgan fingerprint density at radius 2 is 2.27 bits per heavy atom. The summed E-state index contributed by atoms with van der Waals surface area (Å²) < 4.78 is 0. The smallest absolute Gasteiger partial charge is 0.270 e. The number of rotatable bonds is 6. The number of amides is 1. The van der Waals surface area contributed by atoms with Gasteiger partial charge in [-0.25, -0.2) is 0 Å². The number of carbonyl (C=O) groups is 1. The van der Waals surface area contributed by atoms with Crippen LogP contribution in [0.4, 0.5) is 5.69 Å². The molecule has 0 aliphatic carbocycles. The van der Waals surface area contributed by atoms with Crippen molar-refractivity contribution in [1.29, 1.82) is 0 Å². The van der Waals surface area contributed by atoms with Crippen molar-refractivity contribution in [2.24, 2.45) is 0 Å². The highest BCUT2D eigenvalue weighted by Crippen LogP contribution is 2.16. The van der Waals surface area contributed by atoms with E-state index in [9.17, 15) is 14.9 Å². The number of likely N-dealkylation sites (tertiary alicyclic amines) is 1. The number of benzene rings is 1. The van der Waals surface area contributed by atoms with Gasteiger partial charge in [0, 0.05) is 36.8 Å². The molecule has 1 aliphatic rings. The normalized spacial score (nSPS) is 18.9. The Balaban J connectivity index is 1.75. The number of nitrogens with zero attached hydrogens (tertiary/aromatic N) is 2. The highest BCUT2D eigenvalue weighted by atomic mass is 16.6. The van der Waals surface area contributed by atoms with Crippen molar-refractivity contribution in [3.63, 3.8) is 0 Å². The summed E-state index contributed by atoms with van der Waals surface area (Å²) in [5.74, 6) is -0.254. The molecule has 1 fully saturated rings. The molecular weight excluding hydrogens is 282 g/mol. The van der Waals surface area contributed by atoms with E-state index in [1.54, 1.807) is 6.07 Å². The first-order valence-electron chi connectivity index (χ1n) is 7.84. The summed E-state index contributed by atoms with van der Waals surface area (Å²) in [5, 5.41) is 13.5. The molecule has 1 aromatic carbocycles. The van der Waals surface area contributed by atoms with Crippen molar-refractivity contribution in [1.82, 2.24) is 10.2 Å². The van der Waals surface area contributed by atoms with Gasteiger partial charge < -0.3 is 10.2 Å². The molecule has 1 aromatic rings. The van der Waals surface area contributed by atoms with Gasteiger partial charge in [-0.05, 0) is 38.8 Å². The molecule has 1 atom stereocenters. The van der Waals surface area contributed by atoms with E-state index in [0.29, 0.717) is 18.2 Å². The van der Waals surface area contributed by atoms with Crippen LogP contribution in [0, 0.1) is 10.1 Å². The molecular formula is C16H23N3O3. The second kappa shape index (κ2) is 7.89. The molecule has 2 rings (SSSR count). The van der Waals surface area contributed by atoms with Crippen LogP contribution >= 0.6 is 0 Å². The molecule has 0 unspecified atom stereocenters. The number of hydrogen-bond acceptors (Lipinski definition) is 4. The Morgan fingerprint density at radius 1 is 1.45 bits per heavy atom. The number of nitro groups is 1. The van der Waals surface area contributed by atoms with E-state index in [4.69, 9.17) is 0 Å². The van der Waals surface area contributed by atoms with Crippen LogP contribution in [0.15, 0.2) is 24.3 Å². The first-order chi connectivity index (χ1) is 10.6. The largest absolute Gasteiger partial charge is 0.352 e. The second-order valence-electron chi connectivity index (χ2n) is 5.80. The molecule has 6 heteroatoms. The van der Waals surface area contributed by atoms with Crippen molar-refractivity contribution in [2.75, 3.05) is 19.6 Å². The maximum atomic E-state index is 12.0. The van der Waals surface area contributed by atoms with Crippen LogP contribution in [0.5, 0.6) is 0 Å². The van der Waals surface area contributed by atoms with Crippen molar-refractivity contribution in [2.45, 2.75) is 38.6 Å². The van der Waals surface area contributed by atoms with Crippen LogP contribution in [0.1, 0.15) is 43.0 Å². The fraction of sp³-hybridized carbons (Fsp3) is 0.562. The molecule has 1 N–H and O–H groups in total. The molecule has 1 aliphatic heterocycles. The zero-order valence-electron chi connectivity index (χ0n) is 13.0. The predicted molar refractivity (Wildman–Crippen MR) is 84.9 cm³/mol. The number of piperidine rings is 1. The zero-order chi connectivity index (χ0) is 15.9. The molecule has 6 nitrogen and oxygen atoms in total. The lowest BCUT2D eigenvalue weighted by Crippen LogP contribution is -2.39. The van der Waals surface area contributed by atoms with Crippen LogP contribution < -0.4 is 5.32 Å². The predicted octanol–water partition coefficient (Wildman–Crippen LogP) is 2.59. The summed E-state index contributed by atoms with van der Waals surface area (Å²) >= 11 is 0. The lowest BCUT2D eigenvalue weighted by molar-refractivity contribution is -0.384. The van der Waals surface area contributed by atoms with Gasteiger partial charge in [0.1, 0.15) is 0 Å². The molecule has 120 valence electrons. The van der Waals surface area contributed by atoms with E-state index >= 15 is 0 Å². The monoisotopic (exact) mass is 305 g/mol. The average Bonchev–Trinajstić information content (AvgIpc) is 2.53. The SMILES string of the molecule is C[C@@H]1CCCCN1CCCNC(=O)c1cccc([N+](=O)[O-])c1. The molecule has 0 bridgehead atoms. The van der Waals surface area contributed by atoms with Crippen LogP contribution in [0.3, 0.4) is 0 Å². The summed E-state index contributed by atoms with van der Waals surface area (Å²) in [4.78, 5) is 24.7. The van der Waals surface area contributed by atoms with Crippen molar-refractivity contribution in [3.8, 4) is 0 Å². The van der Waals surface area contributed by atoms with Crippen LogP contribution in [-0.4, -0.2) is 41.4 Å². The highest BCUT2D eigenvalue weighted by molar-refractivity contribution is 5.94. The van der Waals surface area contributed by atoms with Gasteiger partial charge in [-0.1, -0.05) is 12.5 Å². The van der Waals surface area contributed by atoms with E-state index in [1.807, 2.05) is 0 Å². The van der Waals surface area contributed by atoms with Crippen LogP contribution in [0.25, 0.3) is 0 Å². The minimum absolute atomic E-state index is 0.0604. The van der Waals surface area contributed by atoms with Crippen LogP contribution in [0.2, 0.25) is 0 Å². The van der Waals surface area contributed by atoms with Gasteiger partial charge in [-0.3, -0.25) is 14.9 Å².